The number of guanidine groups is 1. The van der Waals surface area contributed by atoms with Crippen molar-refractivity contribution in [2.24, 2.45) is 16.6 Å². The van der Waals surface area contributed by atoms with Crippen molar-refractivity contribution in [3.8, 4) is 0 Å². The molecule has 0 saturated heterocycles. The highest BCUT2D eigenvalue weighted by molar-refractivity contribution is 14.0. The van der Waals surface area contributed by atoms with Crippen molar-refractivity contribution in [1.82, 2.24) is 10.6 Å². The molecule has 0 heterocycles. The number of carbonyl (C=O) groups excluding carboxylic acids is 1. The summed E-state index contributed by atoms with van der Waals surface area (Å²) in [5, 5.41) is 5.88. The van der Waals surface area contributed by atoms with Gasteiger partial charge in [-0.25, -0.2) is 4.99 Å². The molecule has 5 nitrogen and oxygen atoms in total. The zero-order chi connectivity index (χ0) is 13.2. The molecule has 0 aromatic heterocycles. The lowest BCUT2D eigenvalue weighted by molar-refractivity contribution is -0.119. The first-order valence-electron chi connectivity index (χ1n) is 7.03. The SMILES string of the molecule is CCCCCCNC(N)=NCC(=O)NCC1CC1.I. The number of nitrogens with zero attached hydrogens (tertiary/aromatic N) is 1. The third kappa shape index (κ3) is 11.0. The van der Waals surface area contributed by atoms with Gasteiger partial charge in [-0.1, -0.05) is 26.2 Å². The molecule has 1 aliphatic carbocycles. The lowest BCUT2D eigenvalue weighted by Crippen LogP contribution is -2.34. The lowest BCUT2D eigenvalue weighted by Gasteiger charge is -2.05. The third-order valence-corrected chi connectivity index (χ3v) is 3.01. The number of hydrogen-bond acceptors (Lipinski definition) is 2. The van der Waals surface area contributed by atoms with Gasteiger partial charge in [0.05, 0.1) is 0 Å². The number of halogens is 1. The van der Waals surface area contributed by atoms with Gasteiger partial charge >= 0.3 is 0 Å². The molecular formula is C13H27IN4O. The van der Waals surface area contributed by atoms with E-state index in [1.165, 1.54) is 32.1 Å². The minimum atomic E-state index is -0.0439. The number of rotatable bonds is 9. The molecule has 19 heavy (non-hydrogen) atoms. The van der Waals surface area contributed by atoms with E-state index >= 15 is 0 Å². The van der Waals surface area contributed by atoms with E-state index in [9.17, 15) is 4.79 Å². The quantitative estimate of drug-likeness (QED) is 0.245. The lowest BCUT2D eigenvalue weighted by atomic mass is 10.2. The summed E-state index contributed by atoms with van der Waals surface area (Å²) < 4.78 is 0. The molecule has 1 rings (SSSR count). The van der Waals surface area contributed by atoms with E-state index < -0.39 is 0 Å². The monoisotopic (exact) mass is 382 g/mol. The van der Waals surface area contributed by atoms with Gasteiger partial charge in [0, 0.05) is 13.1 Å². The Labute approximate surface area is 133 Å². The van der Waals surface area contributed by atoms with Gasteiger partial charge in [0.25, 0.3) is 0 Å². The van der Waals surface area contributed by atoms with Crippen LogP contribution >= 0.6 is 24.0 Å². The highest BCUT2D eigenvalue weighted by atomic mass is 127. The minimum Gasteiger partial charge on any atom is -0.370 e. The van der Waals surface area contributed by atoms with Gasteiger partial charge in [-0.3, -0.25) is 4.79 Å². The molecule has 0 spiro atoms. The Hall–Kier alpha value is -0.530. The fourth-order valence-corrected chi connectivity index (χ4v) is 1.62. The maximum atomic E-state index is 11.4. The van der Waals surface area contributed by atoms with E-state index in [4.69, 9.17) is 5.73 Å². The number of hydrogen-bond donors (Lipinski definition) is 3. The van der Waals surface area contributed by atoms with E-state index in [1.807, 2.05) is 0 Å². The average Bonchev–Trinajstić information content (AvgIpc) is 3.17. The van der Waals surface area contributed by atoms with Crippen LogP contribution in [0.25, 0.3) is 0 Å². The Balaban J connectivity index is 0.00000324. The van der Waals surface area contributed by atoms with Gasteiger partial charge in [0.15, 0.2) is 5.96 Å². The van der Waals surface area contributed by atoms with E-state index in [-0.39, 0.29) is 36.4 Å². The second-order valence-electron chi connectivity index (χ2n) is 4.94. The van der Waals surface area contributed by atoms with Gasteiger partial charge in [-0.15, -0.1) is 24.0 Å². The van der Waals surface area contributed by atoms with Crippen molar-refractivity contribution in [3.63, 3.8) is 0 Å². The summed E-state index contributed by atoms with van der Waals surface area (Å²) in [6.07, 6.45) is 7.26. The molecule has 0 bridgehead atoms. The van der Waals surface area contributed by atoms with Crippen molar-refractivity contribution in [2.75, 3.05) is 19.6 Å². The smallest absolute Gasteiger partial charge is 0.241 e. The first-order chi connectivity index (χ1) is 8.72. The highest BCUT2D eigenvalue weighted by Gasteiger charge is 2.21. The molecule has 1 aliphatic rings. The predicted molar refractivity (Wildman–Crippen MR) is 89.8 cm³/mol. The van der Waals surface area contributed by atoms with Crippen LogP contribution in [0.15, 0.2) is 4.99 Å². The molecule has 1 fully saturated rings. The number of amides is 1. The molecule has 0 aromatic carbocycles. The third-order valence-electron chi connectivity index (χ3n) is 3.01. The topological polar surface area (TPSA) is 79.5 Å². The number of carbonyl (C=O) groups is 1. The molecule has 0 aromatic rings. The van der Waals surface area contributed by atoms with Crippen LogP contribution in [0.1, 0.15) is 45.4 Å². The molecule has 0 atom stereocenters. The summed E-state index contributed by atoms with van der Waals surface area (Å²) in [6.45, 7) is 3.93. The number of unbranched alkanes of at least 4 members (excludes halogenated alkanes) is 3. The van der Waals surface area contributed by atoms with Crippen LogP contribution in [0.4, 0.5) is 0 Å². The fourth-order valence-electron chi connectivity index (χ4n) is 1.62. The van der Waals surface area contributed by atoms with Crippen LogP contribution in [0.5, 0.6) is 0 Å². The molecule has 0 unspecified atom stereocenters. The zero-order valence-electron chi connectivity index (χ0n) is 11.8. The van der Waals surface area contributed by atoms with E-state index in [0.717, 1.165) is 19.5 Å². The van der Waals surface area contributed by atoms with E-state index in [0.29, 0.717) is 11.9 Å². The number of nitrogens with one attached hydrogen (secondary N) is 2. The van der Waals surface area contributed by atoms with Crippen molar-refractivity contribution in [2.45, 2.75) is 45.4 Å². The molecular weight excluding hydrogens is 355 g/mol. The van der Waals surface area contributed by atoms with Crippen LogP contribution < -0.4 is 16.4 Å². The van der Waals surface area contributed by atoms with Crippen molar-refractivity contribution in [1.29, 1.82) is 0 Å². The largest absolute Gasteiger partial charge is 0.370 e. The van der Waals surface area contributed by atoms with Crippen molar-refractivity contribution >= 4 is 35.8 Å². The normalized spacial score (nSPS) is 14.7. The number of nitrogens with two attached hydrogens (primary N) is 1. The van der Waals surface area contributed by atoms with Crippen LogP contribution in [-0.2, 0) is 4.79 Å². The van der Waals surface area contributed by atoms with Crippen LogP contribution in [0.3, 0.4) is 0 Å². The second kappa shape index (κ2) is 11.3. The molecule has 0 aliphatic heterocycles. The second-order valence-corrected chi connectivity index (χ2v) is 4.94. The van der Waals surface area contributed by atoms with Gasteiger partial charge in [0.2, 0.25) is 5.91 Å². The van der Waals surface area contributed by atoms with Gasteiger partial charge in [-0.2, -0.15) is 0 Å². The molecule has 1 amide bonds. The Bertz CT molecular complexity index is 280. The van der Waals surface area contributed by atoms with E-state index in [1.54, 1.807) is 0 Å². The summed E-state index contributed by atoms with van der Waals surface area (Å²) in [6, 6.07) is 0. The van der Waals surface area contributed by atoms with Crippen LogP contribution in [-0.4, -0.2) is 31.5 Å². The first-order valence-corrected chi connectivity index (χ1v) is 7.03. The standard InChI is InChI=1S/C13H26N4O.HI/c1-2-3-4-5-8-15-13(14)17-10-12(18)16-9-11-6-7-11;/h11H,2-10H2,1H3,(H,16,18)(H3,14,15,17);1H. The zero-order valence-corrected chi connectivity index (χ0v) is 14.1. The average molecular weight is 382 g/mol. The molecule has 1 saturated carbocycles. The Morgan fingerprint density at radius 2 is 2.00 bits per heavy atom. The fraction of sp³-hybridized carbons (Fsp3) is 0.846. The summed E-state index contributed by atoms with van der Waals surface area (Å²) in [5.41, 5.74) is 5.66. The Kier molecular flexibility index (Phi) is 11.0. The predicted octanol–water partition coefficient (Wildman–Crippen LogP) is 1.62. The number of aliphatic imine (C=N–C) groups is 1. The minimum absolute atomic E-state index is 0. The van der Waals surface area contributed by atoms with E-state index in [2.05, 4.69) is 22.5 Å². The van der Waals surface area contributed by atoms with Crippen LogP contribution in [0.2, 0.25) is 0 Å². The summed E-state index contributed by atoms with van der Waals surface area (Å²) in [7, 11) is 0. The van der Waals surface area contributed by atoms with Gasteiger partial charge < -0.3 is 16.4 Å². The Morgan fingerprint density at radius 3 is 2.63 bits per heavy atom. The first kappa shape index (κ1) is 18.5. The summed E-state index contributed by atoms with van der Waals surface area (Å²) >= 11 is 0. The highest BCUT2D eigenvalue weighted by Crippen LogP contribution is 2.27. The maximum absolute atomic E-state index is 11.4. The van der Waals surface area contributed by atoms with Gasteiger partial charge in [0.1, 0.15) is 6.54 Å². The molecule has 0 radical (unpaired) electrons. The maximum Gasteiger partial charge on any atom is 0.241 e. The van der Waals surface area contributed by atoms with Crippen LogP contribution in [0, 0.1) is 5.92 Å². The van der Waals surface area contributed by atoms with Crippen molar-refractivity contribution < 1.29 is 4.79 Å². The molecule has 112 valence electrons. The Morgan fingerprint density at radius 1 is 1.26 bits per heavy atom. The summed E-state index contributed by atoms with van der Waals surface area (Å²) in [5.74, 6) is 1.03. The molecule has 6 heteroatoms. The van der Waals surface area contributed by atoms with Crippen molar-refractivity contribution in [3.05, 3.63) is 0 Å². The summed E-state index contributed by atoms with van der Waals surface area (Å²) in [4.78, 5) is 15.4. The van der Waals surface area contributed by atoms with Gasteiger partial charge in [-0.05, 0) is 25.2 Å². The molecule has 4 N–H and O–H groups in total.